The van der Waals surface area contributed by atoms with Crippen LogP contribution in [-0.2, 0) is 14.3 Å². The number of hydrogen-bond acceptors (Lipinski definition) is 4. The highest BCUT2D eigenvalue weighted by atomic mass is 16.5. The lowest BCUT2D eigenvalue weighted by Crippen LogP contribution is -2.45. The van der Waals surface area contributed by atoms with Crippen LogP contribution in [0.1, 0.15) is 25.3 Å². The SMILES string of the molecule is CCOc1ccc(/C=C/C(=O)N(CC(=O)O)C2CCOCC2)cc1. The van der Waals surface area contributed by atoms with Crippen molar-refractivity contribution in [3.63, 3.8) is 0 Å². The second-order valence-corrected chi connectivity index (χ2v) is 5.54. The Hall–Kier alpha value is -2.34. The molecular weight excluding hydrogens is 310 g/mol. The Bertz CT molecular complexity index is 576. The van der Waals surface area contributed by atoms with Crippen molar-refractivity contribution >= 4 is 18.0 Å². The molecule has 1 N–H and O–H groups in total. The molecular formula is C18H23NO5. The van der Waals surface area contributed by atoms with Gasteiger partial charge in [-0.25, -0.2) is 0 Å². The van der Waals surface area contributed by atoms with Gasteiger partial charge in [0.2, 0.25) is 5.91 Å². The second-order valence-electron chi connectivity index (χ2n) is 5.54. The van der Waals surface area contributed by atoms with Crippen LogP contribution in [0.25, 0.3) is 6.08 Å². The fourth-order valence-electron chi connectivity index (χ4n) is 2.63. The predicted molar refractivity (Wildman–Crippen MR) is 89.8 cm³/mol. The number of ether oxygens (including phenoxy) is 2. The molecule has 1 amide bonds. The number of carboxylic acids is 1. The zero-order valence-electron chi connectivity index (χ0n) is 13.8. The van der Waals surface area contributed by atoms with E-state index in [0.29, 0.717) is 32.7 Å². The number of rotatable bonds is 7. The van der Waals surface area contributed by atoms with Crippen molar-refractivity contribution in [3.8, 4) is 5.75 Å². The molecule has 6 heteroatoms. The highest BCUT2D eigenvalue weighted by Crippen LogP contribution is 2.16. The molecule has 24 heavy (non-hydrogen) atoms. The monoisotopic (exact) mass is 333 g/mol. The van der Waals surface area contributed by atoms with Crippen LogP contribution in [0.5, 0.6) is 5.75 Å². The number of carbonyl (C=O) groups excluding carboxylic acids is 1. The zero-order valence-corrected chi connectivity index (χ0v) is 13.8. The molecule has 0 aliphatic carbocycles. The molecule has 1 heterocycles. The van der Waals surface area contributed by atoms with E-state index in [1.54, 1.807) is 6.08 Å². The summed E-state index contributed by atoms with van der Waals surface area (Å²) in [6.45, 7) is 3.33. The molecule has 1 aliphatic rings. The second kappa shape index (κ2) is 9.08. The number of benzene rings is 1. The minimum absolute atomic E-state index is 0.0904. The normalized spacial score (nSPS) is 15.4. The summed E-state index contributed by atoms with van der Waals surface area (Å²) in [5, 5.41) is 9.07. The molecule has 0 atom stereocenters. The van der Waals surface area contributed by atoms with E-state index in [1.165, 1.54) is 11.0 Å². The molecule has 1 aromatic carbocycles. The first-order valence-electron chi connectivity index (χ1n) is 8.11. The van der Waals surface area contributed by atoms with Crippen LogP contribution < -0.4 is 4.74 Å². The van der Waals surface area contributed by atoms with E-state index in [9.17, 15) is 9.59 Å². The van der Waals surface area contributed by atoms with Crippen LogP contribution in [0.3, 0.4) is 0 Å². The number of carbonyl (C=O) groups is 2. The molecule has 2 rings (SSSR count). The Labute approximate surface area is 141 Å². The molecule has 130 valence electrons. The maximum Gasteiger partial charge on any atom is 0.323 e. The van der Waals surface area contributed by atoms with E-state index < -0.39 is 5.97 Å². The number of carboxylic acid groups (broad SMARTS) is 1. The summed E-state index contributed by atoms with van der Waals surface area (Å²) in [6, 6.07) is 7.28. The third-order valence-corrected chi connectivity index (χ3v) is 3.83. The van der Waals surface area contributed by atoms with E-state index in [1.807, 2.05) is 31.2 Å². The van der Waals surface area contributed by atoms with E-state index in [4.69, 9.17) is 14.6 Å². The Kier molecular flexibility index (Phi) is 6.81. The Balaban J connectivity index is 2.03. The van der Waals surface area contributed by atoms with Crippen molar-refractivity contribution in [2.75, 3.05) is 26.4 Å². The van der Waals surface area contributed by atoms with Gasteiger partial charge in [0.25, 0.3) is 0 Å². The molecule has 0 bridgehead atoms. The third kappa shape index (κ3) is 5.38. The summed E-state index contributed by atoms with van der Waals surface area (Å²) < 4.78 is 10.7. The van der Waals surface area contributed by atoms with Crippen molar-refractivity contribution in [3.05, 3.63) is 35.9 Å². The average molecular weight is 333 g/mol. The summed E-state index contributed by atoms with van der Waals surface area (Å²) in [6.07, 6.45) is 4.44. The van der Waals surface area contributed by atoms with Crippen LogP contribution in [0.15, 0.2) is 30.3 Å². The smallest absolute Gasteiger partial charge is 0.323 e. The lowest BCUT2D eigenvalue weighted by Gasteiger charge is -2.32. The lowest BCUT2D eigenvalue weighted by molar-refractivity contribution is -0.145. The number of aliphatic carboxylic acids is 1. The number of nitrogens with zero attached hydrogens (tertiary/aromatic N) is 1. The maximum atomic E-state index is 12.4. The highest BCUT2D eigenvalue weighted by Gasteiger charge is 2.26. The summed E-state index contributed by atoms with van der Waals surface area (Å²) in [5.41, 5.74) is 0.856. The third-order valence-electron chi connectivity index (χ3n) is 3.83. The molecule has 0 saturated carbocycles. The number of hydrogen-bond donors (Lipinski definition) is 1. The number of amides is 1. The summed E-state index contributed by atoms with van der Waals surface area (Å²) >= 11 is 0. The topological polar surface area (TPSA) is 76.1 Å². The zero-order chi connectivity index (χ0) is 17.4. The first-order chi connectivity index (χ1) is 11.6. The molecule has 1 aliphatic heterocycles. The first-order valence-corrected chi connectivity index (χ1v) is 8.11. The molecule has 1 saturated heterocycles. The van der Waals surface area contributed by atoms with Crippen LogP contribution in [0.4, 0.5) is 0 Å². The molecule has 0 unspecified atom stereocenters. The van der Waals surface area contributed by atoms with Crippen molar-refractivity contribution in [1.82, 2.24) is 4.90 Å². The molecule has 0 spiro atoms. The van der Waals surface area contributed by atoms with Crippen molar-refractivity contribution in [1.29, 1.82) is 0 Å². The van der Waals surface area contributed by atoms with Crippen LogP contribution in [0.2, 0.25) is 0 Å². The lowest BCUT2D eigenvalue weighted by atomic mass is 10.1. The van der Waals surface area contributed by atoms with Gasteiger partial charge in [-0.3, -0.25) is 9.59 Å². The minimum Gasteiger partial charge on any atom is -0.494 e. The minimum atomic E-state index is -1.01. The predicted octanol–water partition coefficient (Wildman–Crippen LogP) is 2.19. The summed E-state index contributed by atoms with van der Waals surface area (Å²) in [4.78, 5) is 24.9. The molecule has 0 radical (unpaired) electrons. The Morgan fingerprint density at radius 1 is 1.29 bits per heavy atom. The molecule has 1 fully saturated rings. The largest absolute Gasteiger partial charge is 0.494 e. The maximum absolute atomic E-state index is 12.4. The average Bonchev–Trinajstić information content (AvgIpc) is 2.60. The van der Waals surface area contributed by atoms with Gasteiger partial charge in [-0.15, -0.1) is 0 Å². The van der Waals surface area contributed by atoms with Gasteiger partial charge in [0.15, 0.2) is 0 Å². The quantitative estimate of drug-likeness (QED) is 0.774. The van der Waals surface area contributed by atoms with E-state index in [2.05, 4.69) is 0 Å². The fourth-order valence-corrected chi connectivity index (χ4v) is 2.63. The summed E-state index contributed by atoms with van der Waals surface area (Å²) in [7, 11) is 0. The molecule has 0 aromatic heterocycles. The van der Waals surface area contributed by atoms with E-state index >= 15 is 0 Å². The fraction of sp³-hybridized carbons (Fsp3) is 0.444. The van der Waals surface area contributed by atoms with Gasteiger partial charge >= 0.3 is 5.97 Å². The highest BCUT2D eigenvalue weighted by molar-refractivity contribution is 5.93. The van der Waals surface area contributed by atoms with Crippen molar-refractivity contribution < 1.29 is 24.2 Å². The Morgan fingerprint density at radius 2 is 1.96 bits per heavy atom. The van der Waals surface area contributed by atoms with Gasteiger partial charge in [0, 0.05) is 25.3 Å². The van der Waals surface area contributed by atoms with E-state index in [0.717, 1.165) is 11.3 Å². The van der Waals surface area contributed by atoms with Crippen LogP contribution >= 0.6 is 0 Å². The van der Waals surface area contributed by atoms with Gasteiger partial charge in [0.05, 0.1) is 6.61 Å². The summed E-state index contributed by atoms with van der Waals surface area (Å²) in [5.74, 6) is -0.529. The van der Waals surface area contributed by atoms with Crippen molar-refractivity contribution in [2.45, 2.75) is 25.8 Å². The molecule has 6 nitrogen and oxygen atoms in total. The van der Waals surface area contributed by atoms with Crippen molar-refractivity contribution in [2.24, 2.45) is 0 Å². The van der Waals surface area contributed by atoms with Gasteiger partial charge < -0.3 is 19.5 Å². The van der Waals surface area contributed by atoms with Crippen LogP contribution in [-0.4, -0.2) is 54.3 Å². The standard InChI is InChI=1S/C18H23NO5/c1-2-24-16-6-3-14(4-7-16)5-8-17(20)19(13-18(21)22)15-9-11-23-12-10-15/h3-8,15H,2,9-13H2,1H3,(H,21,22)/b8-5+. The van der Waals surface area contributed by atoms with Gasteiger partial charge in [0.1, 0.15) is 12.3 Å². The van der Waals surface area contributed by atoms with Gasteiger partial charge in [-0.2, -0.15) is 0 Å². The Morgan fingerprint density at radius 3 is 2.54 bits per heavy atom. The first kappa shape index (κ1) is 18.0. The molecule has 1 aromatic rings. The van der Waals surface area contributed by atoms with Gasteiger partial charge in [-0.1, -0.05) is 12.1 Å². The van der Waals surface area contributed by atoms with Gasteiger partial charge in [-0.05, 0) is 43.5 Å². The van der Waals surface area contributed by atoms with Crippen LogP contribution in [0, 0.1) is 0 Å². The van der Waals surface area contributed by atoms with E-state index in [-0.39, 0.29) is 18.5 Å².